The van der Waals surface area contributed by atoms with Gasteiger partial charge in [-0.1, -0.05) is 23.5 Å². The van der Waals surface area contributed by atoms with Crippen molar-refractivity contribution >= 4 is 46.2 Å². The van der Waals surface area contributed by atoms with Gasteiger partial charge in [-0.05, 0) is 0 Å². The summed E-state index contributed by atoms with van der Waals surface area (Å²) >= 11 is 7.68. The molecule has 0 nitrogen and oxygen atoms in total. The fourth-order valence-corrected chi connectivity index (χ4v) is 6.34. The highest BCUT2D eigenvalue weighted by Gasteiger charge is 2.22. The van der Waals surface area contributed by atoms with Crippen molar-refractivity contribution in [3.63, 3.8) is 0 Å². The third kappa shape index (κ3) is 0.795. The van der Waals surface area contributed by atoms with Crippen LogP contribution < -0.4 is 0 Å². The monoisotopic (exact) mass is 179 g/mol. The summed E-state index contributed by atoms with van der Waals surface area (Å²) in [6.07, 6.45) is 0. The van der Waals surface area contributed by atoms with E-state index < -0.39 is 0 Å². The second-order valence-corrected chi connectivity index (χ2v) is 6.22. The maximum absolute atomic E-state index is 2.20. The summed E-state index contributed by atoms with van der Waals surface area (Å²) < 4.78 is 5.25. The van der Waals surface area contributed by atoms with E-state index >= 15 is 0 Å². The lowest BCUT2D eigenvalue weighted by Gasteiger charge is -1.69. The third-order valence-corrected chi connectivity index (χ3v) is 6.14. The van der Waals surface area contributed by atoms with Gasteiger partial charge in [-0.3, -0.25) is 0 Å². The van der Waals surface area contributed by atoms with E-state index in [0.717, 1.165) is 0 Å². The molecule has 1 aliphatic rings. The zero-order valence-corrected chi connectivity index (χ0v) is 7.18. The minimum Gasteiger partial charge on any atom is -0.0759 e. The minimum atomic E-state index is 1.23. The fraction of sp³-hybridized carbons (Fsp3) is 0.250. The zero-order chi connectivity index (χ0) is 5.40. The topological polar surface area (TPSA) is 0 Å². The second-order valence-electron chi connectivity index (χ2n) is 1.31. The van der Waals surface area contributed by atoms with Crippen LogP contribution in [-0.2, 0) is 0 Å². The highest BCUT2D eigenvalue weighted by atomic mass is 32.2. The van der Waals surface area contributed by atoms with Gasteiger partial charge in [0.05, 0.1) is 27.8 Å². The predicted octanol–water partition coefficient (Wildman–Crippen LogP) is 3.25. The van der Waals surface area contributed by atoms with Crippen molar-refractivity contribution in [2.45, 2.75) is 8.42 Å². The fourth-order valence-electron chi connectivity index (χ4n) is 0.530. The maximum atomic E-state index is 2.20. The standard InChI is InChI=1S/C4H3S4/c1-5-3-4(6-1)8-2-7-3/h1H,2H2/q+1. The Morgan fingerprint density at radius 1 is 1.50 bits per heavy atom. The van der Waals surface area contributed by atoms with E-state index in [4.69, 9.17) is 0 Å². The van der Waals surface area contributed by atoms with Crippen molar-refractivity contribution in [3.8, 4) is 0 Å². The first-order chi connectivity index (χ1) is 3.97. The van der Waals surface area contributed by atoms with E-state index in [0.29, 0.717) is 0 Å². The molecule has 0 fully saturated rings. The van der Waals surface area contributed by atoms with Crippen LogP contribution in [0.3, 0.4) is 0 Å². The Morgan fingerprint density at radius 2 is 2.50 bits per heavy atom. The van der Waals surface area contributed by atoms with Crippen LogP contribution in [0.4, 0.5) is 0 Å². The van der Waals surface area contributed by atoms with E-state index in [1.54, 1.807) is 0 Å². The molecule has 0 unspecified atom stereocenters. The summed E-state index contributed by atoms with van der Waals surface area (Å²) in [5, 5.41) is 1.23. The molecule has 0 saturated carbocycles. The van der Waals surface area contributed by atoms with Gasteiger partial charge in [0, 0.05) is 0 Å². The normalized spacial score (nSPS) is 16.5. The molecule has 1 aromatic rings. The molecule has 0 amide bonds. The molecule has 0 bridgehead atoms. The first kappa shape index (κ1) is 5.53. The molecule has 2 heterocycles. The van der Waals surface area contributed by atoms with Crippen LogP contribution in [0, 0.1) is 0 Å². The number of fused-ring (bicyclic) bond motifs is 1. The first-order valence-electron chi connectivity index (χ1n) is 2.12. The van der Waals surface area contributed by atoms with E-state index in [1.165, 1.54) is 13.5 Å². The molecule has 1 aliphatic heterocycles. The van der Waals surface area contributed by atoms with E-state index in [2.05, 4.69) is 4.69 Å². The predicted molar refractivity (Wildman–Crippen MR) is 43.2 cm³/mol. The summed E-state index contributed by atoms with van der Waals surface area (Å²) in [5.41, 5.74) is 0. The Hall–Kier alpha value is 0.750. The number of hydrogen-bond donors (Lipinski definition) is 0. The van der Waals surface area contributed by atoms with Crippen molar-refractivity contribution in [3.05, 3.63) is 4.69 Å². The number of rotatable bonds is 0. The lowest BCUT2D eigenvalue weighted by Crippen LogP contribution is -1.46. The molecule has 42 valence electrons. The minimum absolute atomic E-state index is 1.23. The van der Waals surface area contributed by atoms with Crippen molar-refractivity contribution in [2.75, 3.05) is 5.08 Å². The molecule has 0 spiro atoms. The van der Waals surface area contributed by atoms with Gasteiger partial charge in [0.25, 0.3) is 0 Å². The van der Waals surface area contributed by atoms with Gasteiger partial charge < -0.3 is 0 Å². The van der Waals surface area contributed by atoms with E-state index in [1.807, 2.05) is 46.2 Å². The molecule has 0 aromatic carbocycles. The Labute approximate surface area is 64.3 Å². The van der Waals surface area contributed by atoms with Gasteiger partial charge in [0.15, 0.2) is 0 Å². The first-order valence-corrected chi connectivity index (χ1v) is 5.85. The number of hydrogen-bond acceptors (Lipinski definition) is 3. The van der Waals surface area contributed by atoms with Gasteiger partial charge >= 0.3 is 0 Å². The molecule has 8 heavy (non-hydrogen) atoms. The quantitative estimate of drug-likeness (QED) is 0.561. The Morgan fingerprint density at radius 3 is 3.38 bits per heavy atom. The van der Waals surface area contributed by atoms with Crippen molar-refractivity contribution in [2.24, 2.45) is 0 Å². The molecule has 0 atom stereocenters. The molecule has 0 aliphatic carbocycles. The van der Waals surface area contributed by atoms with Gasteiger partial charge in [0.2, 0.25) is 13.1 Å². The third-order valence-electron chi connectivity index (χ3n) is 0.857. The largest absolute Gasteiger partial charge is 0.244 e. The van der Waals surface area contributed by atoms with E-state index in [9.17, 15) is 0 Å². The maximum Gasteiger partial charge on any atom is 0.244 e. The van der Waals surface area contributed by atoms with Crippen LogP contribution in [0.15, 0.2) is 13.1 Å². The average molecular weight is 179 g/mol. The summed E-state index contributed by atoms with van der Waals surface area (Å²) in [7, 11) is 0. The molecule has 0 radical (unpaired) electrons. The Kier molecular flexibility index (Phi) is 1.50. The molecular formula is C4H3S4+. The SMILES string of the molecule is c1sc2c([s+]1)SCS2. The highest BCUT2D eigenvalue weighted by molar-refractivity contribution is 8.20. The van der Waals surface area contributed by atoms with Crippen LogP contribution in [0.2, 0.25) is 0 Å². The van der Waals surface area contributed by atoms with Gasteiger partial charge in [-0.2, -0.15) is 0 Å². The Bertz CT molecular complexity index is 173. The average Bonchev–Trinajstić information content (AvgIpc) is 2.15. The highest BCUT2D eigenvalue weighted by Crippen LogP contribution is 2.47. The van der Waals surface area contributed by atoms with Crippen LogP contribution in [0.1, 0.15) is 0 Å². The van der Waals surface area contributed by atoms with Crippen LogP contribution in [-0.4, -0.2) is 5.08 Å². The molecule has 1 aromatic heterocycles. The summed E-state index contributed by atoms with van der Waals surface area (Å²) in [4.78, 5) is 0. The van der Waals surface area contributed by atoms with Crippen molar-refractivity contribution in [1.82, 2.24) is 0 Å². The molecule has 0 saturated heterocycles. The van der Waals surface area contributed by atoms with E-state index in [-0.39, 0.29) is 0 Å². The zero-order valence-electron chi connectivity index (χ0n) is 3.92. The van der Waals surface area contributed by atoms with Crippen molar-refractivity contribution in [1.29, 1.82) is 0 Å². The smallest absolute Gasteiger partial charge is 0.0759 e. The van der Waals surface area contributed by atoms with Gasteiger partial charge in [-0.25, -0.2) is 0 Å². The van der Waals surface area contributed by atoms with Crippen LogP contribution in [0.5, 0.6) is 0 Å². The lowest BCUT2D eigenvalue weighted by molar-refractivity contribution is 1.56. The number of thioether (sulfide) groups is 2. The molecule has 2 rings (SSSR count). The molecule has 0 N–H and O–H groups in total. The van der Waals surface area contributed by atoms with Crippen LogP contribution >= 0.6 is 46.2 Å². The van der Waals surface area contributed by atoms with Gasteiger partial charge in [-0.15, -0.1) is 0 Å². The molecular weight excluding hydrogens is 176 g/mol. The van der Waals surface area contributed by atoms with Crippen molar-refractivity contribution < 1.29 is 0 Å². The second kappa shape index (κ2) is 2.17. The summed E-state index contributed by atoms with van der Waals surface area (Å²) in [5.74, 6) is 0. The lowest BCUT2D eigenvalue weighted by atomic mass is 11.1. The van der Waals surface area contributed by atoms with Gasteiger partial charge in [0.1, 0.15) is 0 Å². The Balaban J connectivity index is 2.54. The molecule has 4 heteroatoms. The van der Waals surface area contributed by atoms with Crippen LogP contribution in [0.25, 0.3) is 0 Å². The summed E-state index contributed by atoms with van der Waals surface area (Å²) in [6, 6.07) is 0. The summed E-state index contributed by atoms with van der Waals surface area (Å²) in [6.45, 7) is 0.